The third kappa shape index (κ3) is 3.15. The third-order valence-electron chi connectivity index (χ3n) is 3.33. The number of aliphatic hydroxyl groups is 1. The molecule has 0 bridgehead atoms. The predicted molar refractivity (Wildman–Crippen MR) is 71.8 cm³/mol. The largest absolute Gasteiger partial charge is 0.396 e. The molecule has 1 saturated carbocycles. The zero-order chi connectivity index (χ0) is 13.0. The minimum absolute atomic E-state index is 0.0532. The average molecular weight is 269 g/mol. The zero-order valence-electron chi connectivity index (χ0n) is 10.0. The summed E-state index contributed by atoms with van der Waals surface area (Å²) in [5.41, 5.74) is 0.593. The number of hydrogen-bond donors (Lipinski definition) is 3. The van der Waals surface area contributed by atoms with Gasteiger partial charge < -0.3 is 15.7 Å². The highest BCUT2D eigenvalue weighted by Gasteiger charge is 2.27. The van der Waals surface area contributed by atoms with Crippen LogP contribution in [0.25, 0.3) is 0 Å². The molecule has 1 aliphatic carbocycles. The number of hydrogen-bond acceptors (Lipinski definition) is 2. The lowest BCUT2D eigenvalue weighted by molar-refractivity contribution is 0.203. The molecule has 98 valence electrons. The van der Waals surface area contributed by atoms with Gasteiger partial charge in [0, 0.05) is 18.6 Å². The Kier molecular flexibility index (Phi) is 4.44. The van der Waals surface area contributed by atoms with Crippen molar-refractivity contribution in [3.05, 3.63) is 29.3 Å². The third-order valence-corrected chi connectivity index (χ3v) is 3.66. The molecule has 0 heterocycles. The second-order valence-electron chi connectivity index (χ2n) is 4.56. The summed E-state index contributed by atoms with van der Waals surface area (Å²) < 4.78 is 0. The van der Waals surface area contributed by atoms with Crippen molar-refractivity contribution in [2.45, 2.75) is 25.3 Å². The van der Waals surface area contributed by atoms with Gasteiger partial charge in [-0.3, -0.25) is 0 Å². The first-order chi connectivity index (χ1) is 8.70. The molecule has 0 aromatic heterocycles. The number of nitrogens with one attached hydrogen (secondary N) is 2. The number of amides is 2. The maximum atomic E-state index is 11.8. The normalized spacial score (nSPS) is 22.8. The van der Waals surface area contributed by atoms with Crippen molar-refractivity contribution in [1.82, 2.24) is 5.32 Å². The molecule has 2 rings (SSSR count). The van der Waals surface area contributed by atoms with E-state index >= 15 is 0 Å². The monoisotopic (exact) mass is 268 g/mol. The summed E-state index contributed by atoms with van der Waals surface area (Å²) in [6.45, 7) is 0.122. The van der Waals surface area contributed by atoms with Crippen LogP contribution in [-0.4, -0.2) is 23.8 Å². The van der Waals surface area contributed by atoms with Gasteiger partial charge in [-0.05, 0) is 25.0 Å². The van der Waals surface area contributed by atoms with Gasteiger partial charge in [0.2, 0.25) is 0 Å². The van der Waals surface area contributed by atoms with Gasteiger partial charge in [-0.25, -0.2) is 4.79 Å². The number of urea groups is 1. The molecule has 2 amide bonds. The summed E-state index contributed by atoms with van der Waals surface area (Å²) in [5.74, 6) is 0.169. The van der Waals surface area contributed by atoms with Crippen LogP contribution in [0.4, 0.5) is 10.5 Å². The van der Waals surface area contributed by atoms with Gasteiger partial charge in [-0.2, -0.15) is 0 Å². The number of rotatable bonds is 3. The SMILES string of the molecule is O=C(Nc1ccccc1Cl)NC1CCCC1CO. The first-order valence-corrected chi connectivity index (χ1v) is 6.51. The highest BCUT2D eigenvalue weighted by Crippen LogP contribution is 2.25. The summed E-state index contributed by atoms with van der Waals surface area (Å²) in [6.07, 6.45) is 2.93. The second-order valence-corrected chi connectivity index (χ2v) is 4.97. The lowest BCUT2D eigenvalue weighted by atomic mass is 10.1. The van der Waals surface area contributed by atoms with E-state index in [-0.39, 0.29) is 24.6 Å². The standard InChI is InChI=1S/C13H17ClN2O2/c14-10-5-1-2-6-12(10)16-13(18)15-11-7-3-4-9(11)8-17/h1-2,5-6,9,11,17H,3-4,7-8H2,(H2,15,16,18). The predicted octanol–water partition coefficient (Wildman–Crippen LogP) is 2.62. The number of halogens is 1. The lowest BCUT2D eigenvalue weighted by Crippen LogP contribution is -2.41. The van der Waals surface area contributed by atoms with Crippen molar-refractivity contribution in [1.29, 1.82) is 0 Å². The molecule has 0 aliphatic heterocycles. The molecule has 2 unspecified atom stereocenters. The Bertz CT molecular complexity index is 425. The van der Waals surface area contributed by atoms with Crippen LogP contribution in [0.15, 0.2) is 24.3 Å². The van der Waals surface area contributed by atoms with Gasteiger partial charge >= 0.3 is 6.03 Å². The number of benzene rings is 1. The van der Waals surface area contributed by atoms with Gasteiger partial charge in [0.25, 0.3) is 0 Å². The molecule has 1 aromatic carbocycles. The van der Waals surface area contributed by atoms with Crippen LogP contribution >= 0.6 is 11.6 Å². The summed E-state index contributed by atoms with van der Waals surface area (Å²) in [5, 5.41) is 15.3. The van der Waals surface area contributed by atoms with Gasteiger partial charge in [-0.1, -0.05) is 30.2 Å². The molecule has 2 atom stereocenters. The minimum Gasteiger partial charge on any atom is -0.396 e. The molecule has 1 aromatic rings. The van der Waals surface area contributed by atoms with Crippen LogP contribution in [0.3, 0.4) is 0 Å². The lowest BCUT2D eigenvalue weighted by Gasteiger charge is -2.19. The smallest absolute Gasteiger partial charge is 0.319 e. The molecule has 0 radical (unpaired) electrons. The summed E-state index contributed by atoms with van der Waals surface area (Å²) in [4.78, 5) is 11.8. The number of para-hydroxylation sites is 1. The fourth-order valence-electron chi connectivity index (χ4n) is 2.33. The van der Waals surface area contributed by atoms with Crippen molar-refractivity contribution in [3.63, 3.8) is 0 Å². The van der Waals surface area contributed by atoms with Crippen molar-refractivity contribution < 1.29 is 9.90 Å². The van der Waals surface area contributed by atoms with Gasteiger partial charge in [0.15, 0.2) is 0 Å². The van der Waals surface area contributed by atoms with E-state index in [1.165, 1.54) is 0 Å². The Morgan fingerprint density at radius 2 is 2.17 bits per heavy atom. The molecule has 5 heteroatoms. The first-order valence-electron chi connectivity index (χ1n) is 6.13. The minimum atomic E-state index is -0.270. The van der Waals surface area contributed by atoms with Crippen LogP contribution in [0.2, 0.25) is 5.02 Å². The van der Waals surface area contributed by atoms with Crippen LogP contribution in [0, 0.1) is 5.92 Å². The van der Waals surface area contributed by atoms with Gasteiger partial charge in [0.05, 0.1) is 10.7 Å². The van der Waals surface area contributed by atoms with Crippen molar-refractivity contribution >= 4 is 23.3 Å². The first kappa shape index (κ1) is 13.2. The summed E-state index contributed by atoms with van der Waals surface area (Å²) >= 11 is 5.96. The summed E-state index contributed by atoms with van der Waals surface area (Å²) in [6, 6.07) is 6.88. The van der Waals surface area contributed by atoms with E-state index < -0.39 is 0 Å². The molecular formula is C13H17ClN2O2. The van der Waals surface area contributed by atoms with E-state index in [1.807, 2.05) is 12.1 Å². The molecule has 0 spiro atoms. The van der Waals surface area contributed by atoms with Gasteiger partial charge in [0.1, 0.15) is 0 Å². The van der Waals surface area contributed by atoms with E-state index in [0.717, 1.165) is 19.3 Å². The van der Waals surface area contributed by atoms with E-state index in [0.29, 0.717) is 10.7 Å². The maximum absolute atomic E-state index is 11.8. The van der Waals surface area contributed by atoms with Crippen LogP contribution < -0.4 is 10.6 Å². The Labute approximate surface area is 111 Å². The van der Waals surface area contributed by atoms with Crippen LogP contribution in [0.5, 0.6) is 0 Å². The van der Waals surface area contributed by atoms with E-state index in [9.17, 15) is 9.90 Å². The Morgan fingerprint density at radius 3 is 2.89 bits per heavy atom. The summed E-state index contributed by atoms with van der Waals surface area (Å²) in [7, 11) is 0. The number of aliphatic hydroxyl groups excluding tert-OH is 1. The molecule has 3 N–H and O–H groups in total. The van der Waals surface area contributed by atoms with Crippen molar-refractivity contribution in [2.75, 3.05) is 11.9 Å². The fraction of sp³-hybridized carbons (Fsp3) is 0.462. The van der Waals surface area contributed by atoms with E-state index in [4.69, 9.17) is 11.6 Å². The van der Waals surface area contributed by atoms with Gasteiger partial charge in [-0.15, -0.1) is 0 Å². The molecule has 18 heavy (non-hydrogen) atoms. The molecular weight excluding hydrogens is 252 g/mol. The average Bonchev–Trinajstić information content (AvgIpc) is 2.79. The zero-order valence-corrected chi connectivity index (χ0v) is 10.8. The highest BCUT2D eigenvalue weighted by molar-refractivity contribution is 6.33. The van der Waals surface area contributed by atoms with E-state index in [2.05, 4.69) is 10.6 Å². The molecule has 4 nitrogen and oxygen atoms in total. The highest BCUT2D eigenvalue weighted by atomic mass is 35.5. The maximum Gasteiger partial charge on any atom is 0.319 e. The number of carbonyl (C=O) groups is 1. The van der Waals surface area contributed by atoms with Crippen molar-refractivity contribution in [3.8, 4) is 0 Å². The number of anilines is 1. The Hall–Kier alpha value is -1.26. The fourth-order valence-corrected chi connectivity index (χ4v) is 2.52. The van der Waals surface area contributed by atoms with E-state index in [1.54, 1.807) is 12.1 Å². The molecule has 1 fully saturated rings. The van der Waals surface area contributed by atoms with Crippen LogP contribution in [0.1, 0.15) is 19.3 Å². The molecule has 0 saturated heterocycles. The Morgan fingerprint density at radius 1 is 1.39 bits per heavy atom. The van der Waals surface area contributed by atoms with Crippen LogP contribution in [-0.2, 0) is 0 Å². The number of carbonyl (C=O) groups excluding carboxylic acids is 1. The quantitative estimate of drug-likeness (QED) is 0.789. The topological polar surface area (TPSA) is 61.4 Å². The molecule has 1 aliphatic rings. The second kappa shape index (κ2) is 6.07. The van der Waals surface area contributed by atoms with Crippen molar-refractivity contribution in [2.24, 2.45) is 5.92 Å². The Balaban J connectivity index is 1.91.